The van der Waals surface area contributed by atoms with Gasteiger partial charge in [0.1, 0.15) is 12.4 Å². The first-order valence-electron chi connectivity index (χ1n) is 10.7. The zero-order chi connectivity index (χ0) is 25.5. The zero-order valence-electron chi connectivity index (χ0n) is 18.7. The van der Waals surface area contributed by atoms with Gasteiger partial charge in [0, 0.05) is 22.4 Å². The average Bonchev–Trinajstić information content (AvgIpc) is 3.35. The number of nitrogens with two attached hydrogens (primary N) is 1. The maximum absolute atomic E-state index is 13.4. The smallest absolute Gasteiger partial charge is 0.416 e. The Labute approximate surface area is 213 Å². The van der Waals surface area contributed by atoms with Crippen LogP contribution in [-0.4, -0.2) is 24.0 Å². The van der Waals surface area contributed by atoms with E-state index in [9.17, 15) is 18.0 Å². The van der Waals surface area contributed by atoms with Crippen molar-refractivity contribution in [3.8, 4) is 17.0 Å². The Kier molecular flexibility index (Phi) is 8.14. The van der Waals surface area contributed by atoms with E-state index in [-0.39, 0.29) is 11.3 Å². The van der Waals surface area contributed by atoms with Crippen molar-refractivity contribution in [2.75, 3.05) is 23.2 Å². The standard InChI is InChI=1S/C25H21F3N4O2S2/c26-25(27,28)17-6-11-20(21(14-17)32-36-19-9-7-18(8-10-19)34-13-12-29)23(33)31-24-30-22(15-35-24)16-4-2-1-3-5-16/h1-11,14-15,32H,12-13,29H2,(H,30,31,33). The molecule has 4 rings (SSSR count). The summed E-state index contributed by atoms with van der Waals surface area (Å²) in [7, 11) is 0. The number of benzene rings is 3. The van der Waals surface area contributed by atoms with Gasteiger partial charge >= 0.3 is 6.18 Å². The number of nitrogens with one attached hydrogen (secondary N) is 2. The van der Waals surface area contributed by atoms with Gasteiger partial charge in [0.2, 0.25) is 0 Å². The normalized spacial score (nSPS) is 11.2. The summed E-state index contributed by atoms with van der Waals surface area (Å²) >= 11 is 2.30. The van der Waals surface area contributed by atoms with Crippen LogP contribution in [0.1, 0.15) is 15.9 Å². The van der Waals surface area contributed by atoms with Crippen molar-refractivity contribution in [1.29, 1.82) is 0 Å². The number of rotatable bonds is 9. The summed E-state index contributed by atoms with van der Waals surface area (Å²) < 4.78 is 48.4. The van der Waals surface area contributed by atoms with Crippen molar-refractivity contribution >= 4 is 40.0 Å². The van der Waals surface area contributed by atoms with Crippen LogP contribution in [0.4, 0.5) is 24.0 Å². The predicted molar refractivity (Wildman–Crippen MR) is 137 cm³/mol. The minimum absolute atomic E-state index is 0.0237. The van der Waals surface area contributed by atoms with Gasteiger partial charge in [-0.2, -0.15) is 13.2 Å². The molecule has 4 aromatic rings. The van der Waals surface area contributed by atoms with Gasteiger partial charge in [0.25, 0.3) is 5.91 Å². The summed E-state index contributed by atoms with van der Waals surface area (Å²) in [5.41, 5.74) is 6.21. The van der Waals surface area contributed by atoms with Crippen LogP contribution in [0.3, 0.4) is 0 Å². The quantitative estimate of drug-likeness (QED) is 0.213. The minimum Gasteiger partial charge on any atom is -0.492 e. The molecular formula is C25H21F3N4O2S2. The SMILES string of the molecule is NCCOc1ccc(SNc2cc(C(F)(F)F)ccc2C(=O)Nc2nc(-c3ccccc3)cs2)cc1. The number of alkyl halides is 3. The fourth-order valence-corrected chi connectivity index (χ4v) is 4.52. The first-order chi connectivity index (χ1) is 17.3. The van der Waals surface area contributed by atoms with Crippen LogP contribution in [0.15, 0.2) is 83.1 Å². The first-order valence-corrected chi connectivity index (χ1v) is 12.4. The van der Waals surface area contributed by atoms with Gasteiger partial charge in [-0.1, -0.05) is 30.3 Å². The molecule has 0 saturated carbocycles. The minimum atomic E-state index is -4.56. The largest absolute Gasteiger partial charge is 0.492 e. The molecule has 0 saturated heterocycles. The number of thiazole rings is 1. The number of hydrogen-bond donors (Lipinski definition) is 3. The lowest BCUT2D eigenvalue weighted by Crippen LogP contribution is -2.15. The zero-order valence-corrected chi connectivity index (χ0v) is 20.3. The molecule has 0 radical (unpaired) electrons. The monoisotopic (exact) mass is 530 g/mol. The van der Waals surface area contributed by atoms with E-state index < -0.39 is 17.6 Å². The topological polar surface area (TPSA) is 89.3 Å². The summed E-state index contributed by atoms with van der Waals surface area (Å²) in [5.74, 6) is 0.0496. The van der Waals surface area contributed by atoms with Crippen LogP contribution >= 0.6 is 23.3 Å². The van der Waals surface area contributed by atoms with Crippen LogP contribution in [0.5, 0.6) is 5.75 Å². The van der Waals surface area contributed by atoms with Gasteiger partial charge in [-0.3, -0.25) is 10.1 Å². The molecule has 0 aliphatic heterocycles. The Hall–Kier alpha value is -3.54. The lowest BCUT2D eigenvalue weighted by atomic mass is 10.1. The highest BCUT2D eigenvalue weighted by Crippen LogP contribution is 2.34. The lowest BCUT2D eigenvalue weighted by molar-refractivity contribution is -0.137. The molecule has 0 atom stereocenters. The molecule has 6 nitrogen and oxygen atoms in total. The molecule has 1 amide bonds. The van der Waals surface area contributed by atoms with Crippen molar-refractivity contribution in [3.63, 3.8) is 0 Å². The third-order valence-corrected chi connectivity index (χ3v) is 6.46. The van der Waals surface area contributed by atoms with Crippen molar-refractivity contribution in [2.45, 2.75) is 11.1 Å². The van der Waals surface area contributed by atoms with Crippen LogP contribution in [0.25, 0.3) is 11.3 Å². The van der Waals surface area contributed by atoms with Gasteiger partial charge < -0.3 is 15.2 Å². The highest BCUT2D eigenvalue weighted by Gasteiger charge is 2.31. The number of aromatic nitrogens is 1. The summed E-state index contributed by atoms with van der Waals surface area (Å²) in [5, 5.41) is 4.82. The second-order valence-corrected chi connectivity index (χ2v) is 9.17. The summed E-state index contributed by atoms with van der Waals surface area (Å²) in [6, 6.07) is 19.3. The average molecular weight is 531 g/mol. The maximum Gasteiger partial charge on any atom is 0.416 e. The molecule has 0 aliphatic carbocycles. The Balaban J connectivity index is 1.52. The van der Waals surface area contributed by atoms with E-state index in [0.717, 1.165) is 35.7 Å². The molecule has 186 valence electrons. The number of anilines is 2. The summed E-state index contributed by atoms with van der Waals surface area (Å²) in [6.07, 6.45) is -4.56. The molecule has 3 aromatic carbocycles. The molecule has 0 spiro atoms. The highest BCUT2D eigenvalue weighted by molar-refractivity contribution is 8.00. The van der Waals surface area contributed by atoms with Gasteiger partial charge in [0.15, 0.2) is 5.13 Å². The third-order valence-electron chi connectivity index (χ3n) is 4.87. The summed E-state index contributed by atoms with van der Waals surface area (Å²) in [4.78, 5) is 18.1. The molecular weight excluding hydrogens is 509 g/mol. The number of halogens is 3. The van der Waals surface area contributed by atoms with Gasteiger partial charge in [0.05, 0.1) is 22.5 Å². The molecule has 1 aromatic heterocycles. The molecule has 1 heterocycles. The Morgan fingerprint density at radius 2 is 1.81 bits per heavy atom. The number of carbonyl (C=O) groups excluding carboxylic acids is 1. The first kappa shape index (κ1) is 25.5. The van der Waals surface area contributed by atoms with E-state index in [0.29, 0.717) is 34.6 Å². The van der Waals surface area contributed by atoms with Gasteiger partial charge in [-0.25, -0.2) is 4.98 Å². The maximum atomic E-state index is 13.4. The van der Waals surface area contributed by atoms with Crippen molar-refractivity contribution in [1.82, 2.24) is 4.98 Å². The van der Waals surface area contributed by atoms with E-state index in [1.54, 1.807) is 29.6 Å². The van der Waals surface area contributed by atoms with Crippen molar-refractivity contribution in [3.05, 3.63) is 89.3 Å². The number of amides is 1. The van der Waals surface area contributed by atoms with E-state index in [1.807, 2.05) is 30.3 Å². The van der Waals surface area contributed by atoms with Crippen LogP contribution < -0.4 is 20.5 Å². The van der Waals surface area contributed by atoms with Crippen LogP contribution in [-0.2, 0) is 6.18 Å². The fraction of sp³-hybridized carbons (Fsp3) is 0.120. The molecule has 4 N–H and O–H groups in total. The Morgan fingerprint density at radius 3 is 2.50 bits per heavy atom. The lowest BCUT2D eigenvalue weighted by Gasteiger charge is -2.14. The molecule has 36 heavy (non-hydrogen) atoms. The number of nitrogens with zero attached hydrogens (tertiary/aromatic N) is 1. The van der Waals surface area contributed by atoms with Crippen LogP contribution in [0, 0.1) is 0 Å². The van der Waals surface area contributed by atoms with Gasteiger partial charge in [-0.05, 0) is 54.4 Å². The van der Waals surface area contributed by atoms with E-state index in [4.69, 9.17) is 10.5 Å². The number of carbonyl (C=O) groups is 1. The predicted octanol–water partition coefficient (Wildman–Crippen LogP) is 6.54. The van der Waals surface area contributed by atoms with Crippen molar-refractivity contribution in [2.24, 2.45) is 5.73 Å². The molecule has 0 bridgehead atoms. The summed E-state index contributed by atoms with van der Waals surface area (Å²) in [6.45, 7) is 0.756. The highest BCUT2D eigenvalue weighted by atomic mass is 32.2. The van der Waals surface area contributed by atoms with Crippen LogP contribution in [0.2, 0.25) is 0 Å². The second kappa shape index (κ2) is 11.5. The van der Waals surface area contributed by atoms with E-state index >= 15 is 0 Å². The molecule has 0 fully saturated rings. The molecule has 11 heteroatoms. The van der Waals surface area contributed by atoms with Gasteiger partial charge in [-0.15, -0.1) is 11.3 Å². The number of hydrogen-bond acceptors (Lipinski definition) is 7. The molecule has 0 aliphatic rings. The Bertz CT molecular complexity index is 1310. The Morgan fingerprint density at radius 1 is 1.06 bits per heavy atom. The van der Waals surface area contributed by atoms with E-state index in [1.165, 1.54) is 11.3 Å². The number of ether oxygens (including phenoxy) is 1. The van der Waals surface area contributed by atoms with Crippen molar-refractivity contribution < 1.29 is 22.7 Å². The molecule has 0 unspecified atom stereocenters. The third kappa shape index (κ3) is 6.56. The fourth-order valence-electron chi connectivity index (χ4n) is 3.13. The van der Waals surface area contributed by atoms with E-state index in [2.05, 4.69) is 15.0 Å². The second-order valence-electron chi connectivity index (χ2n) is 7.43.